The van der Waals surface area contributed by atoms with Crippen LogP contribution in [0, 0.1) is 5.92 Å². The van der Waals surface area contributed by atoms with Crippen molar-refractivity contribution in [3.63, 3.8) is 0 Å². The second-order valence-electron chi connectivity index (χ2n) is 5.27. The molecule has 3 N–H and O–H groups in total. The average Bonchev–Trinajstić information content (AvgIpc) is 3.05. The lowest BCUT2D eigenvalue weighted by Crippen LogP contribution is -2.36. The fraction of sp³-hybridized carbons (Fsp3) is 0.909. The van der Waals surface area contributed by atoms with Gasteiger partial charge in [0.15, 0.2) is 0 Å². The van der Waals surface area contributed by atoms with Crippen LogP contribution in [0.15, 0.2) is 5.16 Å². The van der Waals surface area contributed by atoms with Gasteiger partial charge < -0.3 is 10.8 Å². The number of tetrazole rings is 1. The van der Waals surface area contributed by atoms with E-state index in [2.05, 4.69) is 29.4 Å². The monoisotopic (exact) mass is 271 g/mol. The van der Waals surface area contributed by atoms with Crippen molar-refractivity contribution in [2.24, 2.45) is 11.7 Å². The highest BCUT2D eigenvalue weighted by atomic mass is 32.2. The zero-order valence-corrected chi connectivity index (χ0v) is 11.7. The van der Waals surface area contributed by atoms with Crippen molar-refractivity contribution in [2.45, 2.75) is 55.6 Å². The summed E-state index contributed by atoms with van der Waals surface area (Å²) in [5.41, 5.74) is 6.13. The lowest BCUT2D eigenvalue weighted by atomic mass is 10.0. The number of thioether (sulfide) groups is 1. The van der Waals surface area contributed by atoms with E-state index in [9.17, 15) is 5.11 Å². The molecule has 7 heteroatoms. The molecule has 0 bridgehead atoms. The van der Waals surface area contributed by atoms with E-state index in [0.717, 1.165) is 24.4 Å². The van der Waals surface area contributed by atoms with Crippen LogP contribution < -0.4 is 5.73 Å². The molecule has 2 rings (SSSR count). The topological polar surface area (TPSA) is 89.8 Å². The van der Waals surface area contributed by atoms with Crippen LogP contribution in [0.3, 0.4) is 0 Å². The van der Waals surface area contributed by atoms with Crippen molar-refractivity contribution in [1.29, 1.82) is 0 Å². The van der Waals surface area contributed by atoms with Crippen LogP contribution in [0.5, 0.6) is 0 Å². The summed E-state index contributed by atoms with van der Waals surface area (Å²) in [4.78, 5) is 0. The van der Waals surface area contributed by atoms with Gasteiger partial charge in [-0.1, -0.05) is 25.6 Å². The molecule has 1 aliphatic carbocycles. The summed E-state index contributed by atoms with van der Waals surface area (Å²) in [7, 11) is 0. The number of aliphatic hydroxyl groups excluding tert-OH is 1. The maximum atomic E-state index is 9.47. The molecule has 102 valence electrons. The molecule has 18 heavy (non-hydrogen) atoms. The molecule has 0 spiro atoms. The van der Waals surface area contributed by atoms with Gasteiger partial charge >= 0.3 is 0 Å². The van der Waals surface area contributed by atoms with Crippen molar-refractivity contribution in [3.8, 4) is 0 Å². The quantitative estimate of drug-likeness (QED) is 0.714. The maximum Gasteiger partial charge on any atom is 0.209 e. The Hall–Kier alpha value is -0.660. The molecule has 1 fully saturated rings. The molecular weight excluding hydrogens is 250 g/mol. The highest BCUT2D eigenvalue weighted by Gasteiger charge is 2.30. The highest BCUT2D eigenvalue weighted by molar-refractivity contribution is 7.99. The number of hydrogen-bond donors (Lipinski definition) is 2. The maximum absolute atomic E-state index is 9.47. The summed E-state index contributed by atoms with van der Waals surface area (Å²) in [5.74, 6) is 0.522. The molecule has 1 aromatic rings. The first kappa shape index (κ1) is 13.8. The normalized spacial score (nSPS) is 19.2. The predicted octanol–water partition coefficient (Wildman–Crippen LogP) is 0.834. The summed E-state index contributed by atoms with van der Waals surface area (Å²) in [5, 5.41) is 21.9. The van der Waals surface area contributed by atoms with E-state index in [4.69, 9.17) is 5.73 Å². The van der Waals surface area contributed by atoms with Gasteiger partial charge in [0.1, 0.15) is 0 Å². The molecule has 0 aliphatic heterocycles. The number of aromatic nitrogens is 4. The van der Waals surface area contributed by atoms with E-state index in [1.807, 2.05) is 4.68 Å². The predicted molar refractivity (Wildman–Crippen MR) is 70.2 cm³/mol. The third kappa shape index (κ3) is 3.43. The van der Waals surface area contributed by atoms with Gasteiger partial charge in [-0.15, -0.1) is 5.10 Å². The summed E-state index contributed by atoms with van der Waals surface area (Å²) < 4.78 is 1.86. The third-order valence-electron chi connectivity index (χ3n) is 3.01. The molecule has 0 amide bonds. The zero-order valence-electron chi connectivity index (χ0n) is 10.9. The Morgan fingerprint density at radius 1 is 1.50 bits per heavy atom. The Labute approximate surface area is 111 Å². The largest absolute Gasteiger partial charge is 0.395 e. The van der Waals surface area contributed by atoms with Crippen LogP contribution in [0.1, 0.15) is 39.2 Å². The molecule has 2 unspecified atom stereocenters. The lowest BCUT2D eigenvalue weighted by Gasteiger charge is -2.22. The second-order valence-corrected chi connectivity index (χ2v) is 6.48. The molecule has 6 nitrogen and oxygen atoms in total. The van der Waals surface area contributed by atoms with E-state index in [0.29, 0.717) is 12.0 Å². The van der Waals surface area contributed by atoms with Gasteiger partial charge in [0, 0.05) is 6.04 Å². The standard InChI is InChI=1S/C11H21N5OS/c1-7(2)5-9(12)10(6-17)18-11-13-14-15-16(11)8-3-4-8/h7-10,17H,3-6,12H2,1-2H3. The molecule has 1 aromatic heterocycles. The van der Waals surface area contributed by atoms with Crippen LogP contribution >= 0.6 is 11.8 Å². The van der Waals surface area contributed by atoms with E-state index in [-0.39, 0.29) is 17.9 Å². The van der Waals surface area contributed by atoms with Crippen LogP contribution in [0.2, 0.25) is 0 Å². The van der Waals surface area contributed by atoms with Crippen molar-refractivity contribution in [3.05, 3.63) is 0 Å². The SMILES string of the molecule is CC(C)CC(N)C(CO)Sc1nnnn1C1CC1. The third-order valence-corrected chi connectivity index (χ3v) is 4.29. The number of rotatable bonds is 7. The average molecular weight is 271 g/mol. The highest BCUT2D eigenvalue weighted by Crippen LogP contribution is 2.37. The number of nitrogens with zero attached hydrogens (tertiary/aromatic N) is 4. The Balaban J connectivity index is 1.98. The van der Waals surface area contributed by atoms with Crippen LogP contribution in [-0.4, -0.2) is 43.2 Å². The first-order valence-corrected chi connectivity index (χ1v) is 7.30. The van der Waals surface area contributed by atoms with Gasteiger partial charge in [0.25, 0.3) is 0 Å². The molecule has 1 aliphatic rings. The summed E-state index contributed by atoms with van der Waals surface area (Å²) in [6.45, 7) is 4.32. The van der Waals surface area contributed by atoms with Crippen molar-refractivity contribution >= 4 is 11.8 Å². The molecule has 1 heterocycles. The Morgan fingerprint density at radius 2 is 2.22 bits per heavy atom. The number of hydrogen-bond acceptors (Lipinski definition) is 6. The summed E-state index contributed by atoms with van der Waals surface area (Å²) in [6, 6.07) is 0.410. The van der Waals surface area contributed by atoms with Crippen LogP contribution in [0.4, 0.5) is 0 Å². The smallest absolute Gasteiger partial charge is 0.209 e. The molecule has 0 saturated heterocycles. The fourth-order valence-corrected chi connectivity index (χ4v) is 2.91. The first-order chi connectivity index (χ1) is 8.61. The van der Waals surface area contributed by atoms with Crippen LogP contribution in [-0.2, 0) is 0 Å². The molecular formula is C11H21N5OS. The Morgan fingerprint density at radius 3 is 2.78 bits per heavy atom. The van der Waals surface area contributed by atoms with Gasteiger partial charge in [0.2, 0.25) is 5.16 Å². The van der Waals surface area contributed by atoms with Crippen molar-refractivity contribution < 1.29 is 5.11 Å². The molecule has 2 atom stereocenters. The number of nitrogens with two attached hydrogens (primary N) is 1. The fourth-order valence-electron chi connectivity index (χ4n) is 1.90. The minimum Gasteiger partial charge on any atom is -0.395 e. The zero-order chi connectivity index (χ0) is 13.1. The first-order valence-electron chi connectivity index (χ1n) is 6.42. The van der Waals surface area contributed by atoms with Gasteiger partial charge in [0.05, 0.1) is 17.9 Å². The number of aliphatic hydroxyl groups is 1. The van der Waals surface area contributed by atoms with Crippen molar-refractivity contribution in [2.75, 3.05) is 6.61 Å². The van der Waals surface area contributed by atoms with Crippen LogP contribution in [0.25, 0.3) is 0 Å². The Bertz CT molecular complexity index is 379. The summed E-state index contributed by atoms with van der Waals surface area (Å²) >= 11 is 1.49. The lowest BCUT2D eigenvalue weighted by molar-refractivity contribution is 0.274. The molecule has 0 radical (unpaired) electrons. The molecule has 0 aromatic carbocycles. The minimum atomic E-state index is -0.0455. The van der Waals surface area contributed by atoms with E-state index in [1.54, 1.807) is 0 Å². The minimum absolute atomic E-state index is 0.0376. The Kier molecular flexibility index (Phi) is 4.58. The summed E-state index contributed by atoms with van der Waals surface area (Å²) in [6.07, 6.45) is 3.17. The molecule has 1 saturated carbocycles. The van der Waals surface area contributed by atoms with Gasteiger partial charge in [-0.3, -0.25) is 0 Å². The second kappa shape index (κ2) is 5.99. The van der Waals surface area contributed by atoms with Gasteiger partial charge in [-0.05, 0) is 35.6 Å². The van der Waals surface area contributed by atoms with E-state index in [1.165, 1.54) is 11.8 Å². The van der Waals surface area contributed by atoms with E-state index < -0.39 is 0 Å². The van der Waals surface area contributed by atoms with Gasteiger partial charge in [-0.25, -0.2) is 4.68 Å². The van der Waals surface area contributed by atoms with Gasteiger partial charge in [-0.2, -0.15) is 0 Å². The van der Waals surface area contributed by atoms with Crippen molar-refractivity contribution in [1.82, 2.24) is 20.2 Å². The van der Waals surface area contributed by atoms with E-state index >= 15 is 0 Å².